The van der Waals surface area contributed by atoms with E-state index in [2.05, 4.69) is 0 Å². The molecule has 0 aromatic rings. The minimum absolute atomic E-state index is 0.191. The molecule has 2 rings (SSSR count). The zero-order valence-corrected chi connectivity index (χ0v) is 8.50. The molecular formula is C8H13ClO2S. The molecule has 0 aromatic heterocycles. The lowest BCUT2D eigenvalue weighted by atomic mass is 9.52. The van der Waals surface area contributed by atoms with E-state index in [1.54, 1.807) is 0 Å². The van der Waals surface area contributed by atoms with E-state index in [0.717, 1.165) is 12.8 Å². The Bertz CT molecular complexity index is 271. The van der Waals surface area contributed by atoms with E-state index in [-0.39, 0.29) is 5.75 Å². The van der Waals surface area contributed by atoms with Gasteiger partial charge in [-0.2, -0.15) is 0 Å². The highest BCUT2D eigenvalue weighted by Crippen LogP contribution is 2.58. The van der Waals surface area contributed by atoms with Crippen molar-refractivity contribution < 1.29 is 8.42 Å². The van der Waals surface area contributed by atoms with Gasteiger partial charge in [0.2, 0.25) is 9.05 Å². The molecule has 2 saturated carbocycles. The number of hydrogen-bond donors (Lipinski definition) is 0. The van der Waals surface area contributed by atoms with Crippen molar-refractivity contribution in [2.75, 3.05) is 5.75 Å². The van der Waals surface area contributed by atoms with Crippen LogP contribution in [0.1, 0.15) is 32.1 Å². The molecule has 0 bridgehead atoms. The van der Waals surface area contributed by atoms with Crippen LogP contribution in [0.2, 0.25) is 0 Å². The van der Waals surface area contributed by atoms with Crippen LogP contribution in [0.15, 0.2) is 0 Å². The predicted molar refractivity (Wildman–Crippen MR) is 48.6 cm³/mol. The van der Waals surface area contributed by atoms with Crippen LogP contribution in [0.25, 0.3) is 0 Å². The molecule has 4 heteroatoms. The Kier molecular flexibility index (Phi) is 1.92. The van der Waals surface area contributed by atoms with Crippen molar-refractivity contribution >= 4 is 19.7 Å². The minimum Gasteiger partial charge on any atom is -0.212 e. The van der Waals surface area contributed by atoms with E-state index in [0.29, 0.717) is 11.3 Å². The Morgan fingerprint density at radius 1 is 1.33 bits per heavy atom. The topological polar surface area (TPSA) is 34.1 Å². The monoisotopic (exact) mass is 208 g/mol. The van der Waals surface area contributed by atoms with Gasteiger partial charge in [0.1, 0.15) is 0 Å². The summed E-state index contributed by atoms with van der Waals surface area (Å²) in [7, 11) is 1.92. The standard InChI is InChI=1S/C8H13ClO2S/c9-12(10,11)6-7-4-8(5-7)2-1-3-8/h7H,1-6H2. The van der Waals surface area contributed by atoms with E-state index < -0.39 is 9.05 Å². The van der Waals surface area contributed by atoms with Crippen LogP contribution >= 0.6 is 10.7 Å². The summed E-state index contributed by atoms with van der Waals surface area (Å²) in [5.41, 5.74) is 0.562. The van der Waals surface area contributed by atoms with Gasteiger partial charge in [-0.25, -0.2) is 8.42 Å². The van der Waals surface area contributed by atoms with E-state index in [9.17, 15) is 8.42 Å². The van der Waals surface area contributed by atoms with Crippen LogP contribution in [-0.4, -0.2) is 14.2 Å². The van der Waals surface area contributed by atoms with Crippen molar-refractivity contribution in [2.45, 2.75) is 32.1 Å². The quantitative estimate of drug-likeness (QED) is 0.652. The summed E-state index contributed by atoms with van der Waals surface area (Å²) in [6.45, 7) is 0. The molecule has 70 valence electrons. The lowest BCUT2D eigenvalue weighted by Crippen LogP contribution is -2.44. The molecule has 0 saturated heterocycles. The molecule has 0 aromatic carbocycles. The molecule has 0 unspecified atom stereocenters. The summed E-state index contributed by atoms with van der Waals surface area (Å²) in [6.07, 6.45) is 6.15. The summed E-state index contributed by atoms with van der Waals surface area (Å²) in [4.78, 5) is 0. The van der Waals surface area contributed by atoms with Gasteiger partial charge in [0.15, 0.2) is 0 Å². The lowest BCUT2D eigenvalue weighted by molar-refractivity contribution is -0.0145. The smallest absolute Gasteiger partial charge is 0.212 e. The summed E-state index contributed by atoms with van der Waals surface area (Å²) in [5, 5.41) is 0. The molecule has 0 radical (unpaired) electrons. The van der Waals surface area contributed by atoms with Crippen LogP contribution in [-0.2, 0) is 9.05 Å². The molecule has 12 heavy (non-hydrogen) atoms. The van der Waals surface area contributed by atoms with Crippen molar-refractivity contribution in [3.8, 4) is 0 Å². The molecular weight excluding hydrogens is 196 g/mol. The van der Waals surface area contributed by atoms with Gasteiger partial charge >= 0.3 is 0 Å². The maximum atomic E-state index is 10.7. The summed E-state index contributed by atoms with van der Waals surface area (Å²) in [6, 6.07) is 0. The van der Waals surface area contributed by atoms with Gasteiger partial charge in [-0.05, 0) is 37.0 Å². The largest absolute Gasteiger partial charge is 0.232 e. The molecule has 0 aliphatic heterocycles. The molecule has 2 aliphatic carbocycles. The maximum absolute atomic E-state index is 10.7. The first-order valence-corrected chi connectivity index (χ1v) is 6.89. The Morgan fingerprint density at radius 3 is 2.25 bits per heavy atom. The third-order valence-electron chi connectivity index (χ3n) is 3.29. The van der Waals surface area contributed by atoms with E-state index in [1.165, 1.54) is 19.3 Å². The fourth-order valence-electron chi connectivity index (χ4n) is 2.65. The predicted octanol–water partition coefficient (Wildman–Crippen LogP) is 2.14. The molecule has 0 heterocycles. The van der Waals surface area contributed by atoms with E-state index >= 15 is 0 Å². The second-order valence-corrected chi connectivity index (χ2v) is 7.15. The Balaban J connectivity index is 1.82. The second kappa shape index (κ2) is 2.61. The third kappa shape index (κ3) is 1.62. The molecule has 1 spiro atoms. The number of hydrogen-bond acceptors (Lipinski definition) is 2. The number of rotatable bonds is 2. The Hall–Kier alpha value is 0.240. The highest BCUT2D eigenvalue weighted by atomic mass is 35.7. The second-order valence-electron chi connectivity index (χ2n) is 4.33. The summed E-state index contributed by atoms with van der Waals surface area (Å²) >= 11 is 0. The van der Waals surface area contributed by atoms with Crippen molar-refractivity contribution in [3.05, 3.63) is 0 Å². The lowest BCUT2D eigenvalue weighted by Gasteiger charge is -2.54. The van der Waals surface area contributed by atoms with E-state index in [4.69, 9.17) is 10.7 Å². The molecule has 0 atom stereocenters. The van der Waals surface area contributed by atoms with Gasteiger partial charge in [-0.1, -0.05) is 6.42 Å². The van der Waals surface area contributed by atoms with Gasteiger partial charge in [-0.3, -0.25) is 0 Å². The van der Waals surface area contributed by atoms with Gasteiger partial charge in [0, 0.05) is 10.7 Å². The van der Waals surface area contributed by atoms with Crippen molar-refractivity contribution in [1.29, 1.82) is 0 Å². The van der Waals surface area contributed by atoms with Crippen LogP contribution in [0, 0.1) is 11.3 Å². The van der Waals surface area contributed by atoms with Crippen LogP contribution in [0.4, 0.5) is 0 Å². The highest BCUT2D eigenvalue weighted by Gasteiger charge is 2.48. The minimum atomic E-state index is -3.25. The van der Waals surface area contributed by atoms with Crippen LogP contribution < -0.4 is 0 Å². The first-order valence-electron chi connectivity index (χ1n) is 4.42. The van der Waals surface area contributed by atoms with Crippen molar-refractivity contribution in [1.82, 2.24) is 0 Å². The number of halogens is 1. The molecule has 0 N–H and O–H groups in total. The fourth-order valence-corrected chi connectivity index (χ4v) is 3.98. The SMILES string of the molecule is O=S(=O)(Cl)CC1CC2(CCC2)C1. The van der Waals surface area contributed by atoms with Gasteiger partial charge in [0.25, 0.3) is 0 Å². The Labute approximate surface area is 77.7 Å². The van der Waals surface area contributed by atoms with Gasteiger partial charge in [-0.15, -0.1) is 0 Å². The normalized spacial score (nSPS) is 28.1. The van der Waals surface area contributed by atoms with Crippen molar-refractivity contribution in [3.63, 3.8) is 0 Å². The maximum Gasteiger partial charge on any atom is 0.232 e. The average molecular weight is 209 g/mol. The average Bonchev–Trinajstić information content (AvgIpc) is 1.69. The van der Waals surface area contributed by atoms with Crippen LogP contribution in [0.3, 0.4) is 0 Å². The fraction of sp³-hybridized carbons (Fsp3) is 1.00. The van der Waals surface area contributed by atoms with E-state index in [1.807, 2.05) is 0 Å². The molecule has 2 fully saturated rings. The first kappa shape index (κ1) is 8.82. The Morgan fingerprint density at radius 2 is 1.92 bits per heavy atom. The van der Waals surface area contributed by atoms with Gasteiger partial charge < -0.3 is 0 Å². The van der Waals surface area contributed by atoms with Crippen LogP contribution in [0.5, 0.6) is 0 Å². The highest BCUT2D eigenvalue weighted by molar-refractivity contribution is 8.13. The van der Waals surface area contributed by atoms with Gasteiger partial charge in [0.05, 0.1) is 5.75 Å². The molecule has 2 nitrogen and oxygen atoms in total. The third-order valence-corrected chi connectivity index (χ3v) is 4.54. The van der Waals surface area contributed by atoms with Crippen molar-refractivity contribution in [2.24, 2.45) is 11.3 Å². The summed E-state index contributed by atoms with van der Waals surface area (Å²) in [5.74, 6) is 0.545. The molecule has 0 amide bonds. The molecule has 2 aliphatic rings. The zero-order valence-electron chi connectivity index (χ0n) is 6.92. The first-order chi connectivity index (χ1) is 5.49. The zero-order chi connectivity index (χ0) is 8.82. The summed E-state index contributed by atoms with van der Waals surface area (Å²) < 4.78 is 21.4.